The zero-order chi connectivity index (χ0) is 13.9. The first-order valence-electron chi connectivity index (χ1n) is 8.87. The predicted molar refractivity (Wildman–Crippen MR) is 85.1 cm³/mol. The van der Waals surface area contributed by atoms with Crippen molar-refractivity contribution in [2.45, 2.75) is 69.5 Å². The summed E-state index contributed by atoms with van der Waals surface area (Å²) in [4.78, 5) is 5.11. The number of rotatable bonds is 3. The Labute approximate surface area is 125 Å². The van der Waals surface area contributed by atoms with E-state index < -0.39 is 0 Å². The Bertz CT molecular complexity index is 299. The molecule has 3 heteroatoms. The summed E-state index contributed by atoms with van der Waals surface area (Å²) in [7, 11) is 4.60. The first kappa shape index (κ1) is 14.8. The minimum atomic E-state index is 0.749. The molecule has 2 heterocycles. The van der Waals surface area contributed by atoms with Gasteiger partial charge in [-0.15, -0.1) is 0 Å². The molecule has 2 saturated heterocycles. The van der Waals surface area contributed by atoms with Gasteiger partial charge in [0.05, 0.1) is 0 Å². The topological polar surface area (TPSA) is 18.5 Å². The first-order valence-corrected chi connectivity index (χ1v) is 8.87. The Hall–Kier alpha value is -0.120. The van der Waals surface area contributed by atoms with E-state index in [2.05, 4.69) is 29.2 Å². The number of nitrogens with one attached hydrogen (secondary N) is 1. The van der Waals surface area contributed by atoms with Crippen LogP contribution in [0.25, 0.3) is 0 Å². The fourth-order valence-corrected chi connectivity index (χ4v) is 4.65. The second kappa shape index (κ2) is 6.76. The van der Waals surface area contributed by atoms with Gasteiger partial charge in [0.2, 0.25) is 0 Å². The molecule has 116 valence electrons. The van der Waals surface area contributed by atoms with Gasteiger partial charge in [0.25, 0.3) is 0 Å². The first-order chi connectivity index (χ1) is 9.72. The zero-order valence-corrected chi connectivity index (χ0v) is 13.5. The Kier molecular flexibility index (Phi) is 5.00. The lowest BCUT2D eigenvalue weighted by Crippen LogP contribution is -2.54. The Morgan fingerprint density at radius 3 is 2.55 bits per heavy atom. The van der Waals surface area contributed by atoms with E-state index in [1.54, 1.807) is 0 Å². The summed E-state index contributed by atoms with van der Waals surface area (Å²) in [6.07, 6.45) is 11.4. The molecule has 3 aliphatic rings. The van der Waals surface area contributed by atoms with Gasteiger partial charge in [-0.25, -0.2) is 0 Å². The molecular weight excluding hydrogens is 246 g/mol. The van der Waals surface area contributed by atoms with Crippen LogP contribution in [-0.4, -0.2) is 61.7 Å². The van der Waals surface area contributed by atoms with E-state index in [-0.39, 0.29) is 0 Å². The quantitative estimate of drug-likeness (QED) is 0.855. The third-order valence-electron chi connectivity index (χ3n) is 6.06. The Morgan fingerprint density at radius 2 is 1.75 bits per heavy atom. The van der Waals surface area contributed by atoms with Crippen LogP contribution in [0.1, 0.15) is 51.4 Å². The molecule has 0 bridgehead atoms. The molecule has 1 N–H and O–H groups in total. The maximum absolute atomic E-state index is 3.98. The van der Waals surface area contributed by atoms with E-state index in [9.17, 15) is 0 Å². The molecule has 0 spiro atoms. The van der Waals surface area contributed by atoms with Crippen molar-refractivity contribution in [3.05, 3.63) is 0 Å². The molecule has 0 aromatic rings. The van der Waals surface area contributed by atoms with E-state index in [1.165, 1.54) is 71.0 Å². The fraction of sp³-hybridized carbons (Fsp3) is 1.00. The molecule has 3 nitrogen and oxygen atoms in total. The van der Waals surface area contributed by atoms with Crippen molar-refractivity contribution in [1.82, 2.24) is 15.1 Å². The van der Waals surface area contributed by atoms with Crippen molar-refractivity contribution in [3.63, 3.8) is 0 Å². The molecular formula is C17H33N3. The van der Waals surface area contributed by atoms with Crippen LogP contribution in [-0.2, 0) is 0 Å². The zero-order valence-electron chi connectivity index (χ0n) is 13.5. The summed E-state index contributed by atoms with van der Waals surface area (Å²) in [5.74, 6) is 0.994. The summed E-state index contributed by atoms with van der Waals surface area (Å²) in [6.45, 7) is 3.81. The third kappa shape index (κ3) is 3.55. The van der Waals surface area contributed by atoms with Gasteiger partial charge in [-0.1, -0.05) is 12.8 Å². The molecule has 2 aliphatic heterocycles. The number of likely N-dealkylation sites (N-methyl/N-ethyl adjacent to an activating group) is 1. The molecule has 1 saturated carbocycles. The number of piperidine rings is 2. The standard InChI is InChI=1S/C17H33N3/c1-19-11-9-16(10-12-19)20(2)13-15-8-7-14-5-3-4-6-17(14)18-15/h14-18H,3-13H2,1-2H3. The minimum Gasteiger partial charge on any atom is -0.310 e. The molecule has 3 unspecified atom stereocenters. The highest BCUT2D eigenvalue weighted by atomic mass is 15.2. The lowest BCUT2D eigenvalue weighted by atomic mass is 9.77. The molecule has 3 fully saturated rings. The highest BCUT2D eigenvalue weighted by molar-refractivity contribution is 4.91. The van der Waals surface area contributed by atoms with E-state index in [4.69, 9.17) is 0 Å². The van der Waals surface area contributed by atoms with Gasteiger partial charge in [-0.3, -0.25) is 0 Å². The van der Waals surface area contributed by atoms with Crippen molar-refractivity contribution < 1.29 is 0 Å². The van der Waals surface area contributed by atoms with Crippen LogP contribution in [0.5, 0.6) is 0 Å². The van der Waals surface area contributed by atoms with E-state index in [0.717, 1.165) is 24.0 Å². The van der Waals surface area contributed by atoms with Gasteiger partial charge in [0.1, 0.15) is 0 Å². The largest absolute Gasteiger partial charge is 0.310 e. The number of nitrogens with zero attached hydrogens (tertiary/aromatic N) is 2. The van der Waals surface area contributed by atoms with Crippen molar-refractivity contribution >= 4 is 0 Å². The van der Waals surface area contributed by atoms with Crippen LogP contribution in [0, 0.1) is 5.92 Å². The monoisotopic (exact) mass is 279 g/mol. The average molecular weight is 279 g/mol. The highest BCUT2D eigenvalue weighted by Crippen LogP contribution is 2.32. The molecule has 0 aromatic heterocycles. The number of fused-ring (bicyclic) bond motifs is 1. The molecule has 3 atom stereocenters. The molecule has 0 aromatic carbocycles. The lowest BCUT2D eigenvalue weighted by molar-refractivity contribution is 0.107. The van der Waals surface area contributed by atoms with E-state index in [1.807, 2.05) is 0 Å². The summed E-state index contributed by atoms with van der Waals surface area (Å²) in [5.41, 5.74) is 0. The molecule has 20 heavy (non-hydrogen) atoms. The van der Waals surface area contributed by atoms with Crippen LogP contribution in [0.4, 0.5) is 0 Å². The van der Waals surface area contributed by atoms with Crippen LogP contribution >= 0.6 is 0 Å². The molecule has 0 radical (unpaired) electrons. The number of hydrogen-bond donors (Lipinski definition) is 1. The average Bonchev–Trinajstić information content (AvgIpc) is 2.48. The normalized spacial score (nSPS) is 37.0. The number of hydrogen-bond acceptors (Lipinski definition) is 3. The summed E-state index contributed by atoms with van der Waals surface area (Å²) >= 11 is 0. The van der Waals surface area contributed by atoms with Crippen molar-refractivity contribution in [3.8, 4) is 0 Å². The van der Waals surface area contributed by atoms with Crippen molar-refractivity contribution in [2.75, 3.05) is 33.7 Å². The van der Waals surface area contributed by atoms with Crippen LogP contribution < -0.4 is 5.32 Å². The van der Waals surface area contributed by atoms with Crippen molar-refractivity contribution in [2.24, 2.45) is 5.92 Å². The highest BCUT2D eigenvalue weighted by Gasteiger charge is 2.32. The lowest BCUT2D eigenvalue weighted by Gasteiger charge is -2.43. The third-order valence-corrected chi connectivity index (χ3v) is 6.06. The molecule has 0 amide bonds. The molecule has 3 rings (SSSR count). The smallest absolute Gasteiger partial charge is 0.0197 e. The van der Waals surface area contributed by atoms with Crippen LogP contribution in [0.15, 0.2) is 0 Å². The second-order valence-electron chi connectivity index (χ2n) is 7.57. The predicted octanol–water partition coefficient (Wildman–Crippen LogP) is 2.32. The summed E-state index contributed by atoms with van der Waals surface area (Å²) < 4.78 is 0. The van der Waals surface area contributed by atoms with Gasteiger partial charge < -0.3 is 15.1 Å². The minimum absolute atomic E-state index is 0.749. The number of likely N-dealkylation sites (tertiary alicyclic amines) is 1. The van der Waals surface area contributed by atoms with Crippen LogP contribution in [0.3, 0.4) is 0 Å². The van der Waals surface area contributed by atoms with Gasteiger partial charge >= 0.3 is 0 Å². The van der Waals surface area contributed by atoms with Gasteiger partial charge in [-0.05, 0) is 71.6 Å². The Morgan fingerprint density at radius 1 is 1.00 bits per heavy atom. The maximum atomic E-state index is 3.98. The summed E-state index contributed by atoms with van der Waals surface area (Å²) in [5, 5.41) is 3.98. The van der Waals surface area contributed by atoms with Crippen LogP contribution in [0.2, 0.25) is 0 Å². The Balaban J connectivity index is 1.45. The van der Waals surface area contributed by atoms with Gasteiger partial charge in [-0.2, -0.15) is 0 Å². The summed E-state index contributed by atoms with van der Waals surface area (Å²) in [6, 6.07) is 2.41. The fourth-order valence-electron chi connectivity index (χ4n) is 4.65. The second-order valence-corrected chi connectivity index (χ2v) is 7.57. The SMILES string of the molecule is CN1CCC(N(C)CC2CCC3CCCCC3N2)CC1. The van der Waals surface area contributed by atoms with E-state index >= 15 is 0 Å². The van der Waals surface area contributed by atoms with Crippen molar-refractivity contribution in [1.29, 1.82) is 0 Å². The van der Waals surface area contributed by atoms with E-state index in [0.29, 0.717) is 0 Å². The van der Waals surface area contributed by atoms with Gasteiger partial charge in [0.15, 0.2) is 0 Å². The maximum Gasteiger partial charge on any atom is 0.0197 e. The molecule has 1 aliphatic carbocycles. The van der Waals surface area contributed by atoms with Gasteiger partial charge in [0, 0.05) is 24.7 Å².